The third kappa shape index (κ3) is 3.13. The van der Waals surface area contributed by atoms with Crippen LogP contribution in [-0.4, -0.2) is 34.1 Å². The minimum Gasteiger partial charge on any atom is -0.391 e. The molecule has 0 spiro atoms. The van der Waals surface area contributed by atoms with Crippen molar-refractivity contribution in [3.8, 4) is 17.3 Å². The van der Waals surface area contributed by atoms with Crippen LogP contribution in [0.3, 0.4) is 0 Å². The molecule has 19 heavy (non-hydrogen) atoms. The molecule has 0 aliphatic carbocycles. The predicted octanol–water partition coefficient (Wildman–Crippen LogP) is 2.92. The van der Waals surface area contributed by atoms with Gasteiger partial charge >= 0.3 is 6.09 Å². The first-order chi connectivity index (χ1) is 9.24. The molecule has 0 bridgehead atoms. The number of aromatic nitrogens is 2. The summed E-state index contributed by atoms with van der Waals surface area (Å²) in [7, 11) is 0. The van der Waals surface area contributed by atoms with E-state index >= 15 is 0 Å². The highest BCUT2D eigenvalue weighted by Crippen LogP contribution is 2.18. The fourth-order valence-corrected chi connectivity index (χ4v) is 1.74. The Morgan fingerprint density at radius 3 is 2.58 bits per heavy atom. The van der Waals surface area contributed by atoms with E-state index in [1.54, 1.807) is 4.90 Å². The molecule has 2 aromatic rings. The molecular weight excluding hydrogens is 242 g/mol. The number of aromatic amines is 1. The lowest BCUT2D eigenvalue weighted by Crippen LogP contribution is -2.33. The molecule has 0 aliphatic rings. The van der Waals surface area contributed by atoms with Crippen molar-refractivity contribution in [2.24, 2.45) is 0 Å². The van der Waals surface area contributed by atoms with Crippen LogP contribution >= 0.6 is 0 Å². The summed E-state index contributed by atoms with van der Waals surface area (Å²) in [6.45, 7) is 5.06. The highest BCUT2D eigenvalue weighted by molar-refractivity contribution is 5.70. The Morgan fingerprint density at radius 1 is 1.26 bits per heavy atom. The topological polar surface area (TPSA) is 58.2 Å². The molecule has 1 heterocycles. The van der Waals surface area contributed by atoms with E-state index in [0.29, 0.717) is 24.8 Å². The van der Waals surface area contributed by atoms with Crippen LogP contribution in [0.15, 0.2) is 36.5 Å². The molecular formula is C14H17N3O2. The van der Waals surface area contributed by atoms with E-state index in [9.17, 15) is 4.79 Å². The first-order valence-electron chi connectivity index (χ1n) is 6.31. The van der Waals surface area contributed by atoms with Crippen molar-refractivity contribution >= 4 is 6.09 Å². The fourth-order valence-electron chi connectivity index (χ4n) is 1.74. The van der Waals surface area contributed by atoms with Gasteiger partial charge in [-0.1, -0.05) is 30.3 Å². The van der Waals surface area contributed by atoms with Crippen molar-refractivity contribution in [1.29, 1.82) is 0 Å². The Kier molecular flexibility index (Phi) is 4.18. The molecule has 0 aliphatic heterocycles. The molecule has 1 amide bonds. The number of hydrogen-bond acceptors (Lipinski definition) is 3. The summed E-state index contributed by atoms with van der Waals surface area (Å²) in [6, 6.07) is 9.68. The molecule has 5 nitrogen and oxygen atoms in total. The molecule has 0 fully saturated rings. The summed E-state index contributed by atoms with van der Waals surface area (Å²) in [5.41, 5.74) is 0.952. The second-order valence-corrected chi connectivity index (χ2v) is 4.00. The van der Waals surface area contributed by atoms with Crippen molar-refractivity contribution in [3.05, 3.63) is 36.5 Å². The average Bonchev–Trinajstić information content (AvgIpc) is 2.89. The minimum atomic E-state index is -0.367. The van der Waals surface area contributed by atoms with Crippen LogP contribution in [0.5, 0.6) is 5.88 Å². The zero-order chi connectivity index (χ0) is 13.7. The number of rotatable bonds is 4. The molecule has 0 saturated carbocycles. The van der Waals surface area contributed by atoms with Gasteiger partial charge in [-0.2, -0.15) is 0 Å². The molecule has 0 saturated heterocycles. The maximum absolute atomic E-state index is 11.8. The maximum Gasteiger partial charge on any atom is 0.416 e. The quantitative estimate of drug-likeness (QED) is 0.918. The minimum absolute atomic E-state index is 0.357. The largest absolute Gasteiger partial charge is 0.416 e. The number of amides is 1. The molecule has 5 heteroatoms. The van der Waals surface area contributed by atoms with E-state index in [2.05, 4.69) is 9.97 Å². The zero-order valence-electron chi connectivity index (χ0n) is 11.1. The lowest BCUT2D eigenvalue weighted by molar-refractivity contribution is 0.155. The lowest BCUT2D eigenvalue weighted by Gasteiger charge is -2.16. The van der Waals surface area contributed by atoms with E-state index in [1.165, 1.54) is 6.20 Å². The number of imidazole rings is 1. The second-order valence-electron chi connectivity index (χ2n) is 4.00. The fraction of sp³-hybridized carbons (Fsp3) is 0.286. The van der Waals surface area contributed by atoms with Gasteiger partial charge in [-0.25, -0.2) is 9.78 Å². The van der Waals surface area contributed by atoms with Gasteiger partial charge in [0.25, 0.3) is 0 Å². The SMILES string of the molecule is CCN(CC)C(=O)Oc1cnc(-c2ccccc2)[nH]1. The molecule has 1 N–H and O–H groups in total. The first-order valence-corrected chi connectivity index (χ1v) is 6.31. The number of H-pyrrole nitrogens is 1. The smallest absolute Gasteiger partial charge is 0.391 e. The maximum atomic E-state index is 11.8. The van der Waals surface area contributed by atoms with Gasteiger partial charge in [0.2, 0.25) is 5.88 Å². The number of benzene rings is 1. The van der Waals surface area contributed by atoms with Crippen molar-refractivity contribution in [2.45, 2.75) is 13.8 Å². The van der Waals surface area contributed by atoms with Crippen molar-refractivity contribution in [2.75, 3.05) is 13.1 Å². The standard InChI is InChI=1S/C14H17N3O2/c1-3-17(4-2)14(18)19-12-10-15-13(16-12)11-8-6-5-7-9-11/h5-10H,3-4H2,1-2H3,(H,15,16). The highest BCUT2D eigenvalue weighted by Gasteiger charge is 2.13. The van der Waals surface area contributed by atoms with Gasteiger partial charge in [0, 0.05) is 18.7 Å². The third-order valence-electron chi connectivity index (χ3n) is 2.82. The van der Waals surface area contributed by atoms with Crippen LogP contribution in [0.4, 0.5) is 4.79 Å². The van der Waals surface area contributed by atoms with Crippen LogP contribution in [0.2, 0.25) is 0 Å². The van der Waals surface area contributed by atoms with Gasteiger partial charge in [0.1, 0.15) is 5.82 Å². The predicted molar refractivity (Wildman–Crippen MR) is 73.0 cm³/mol. The summed E-state index contributed by atoms with van der Waals surface area (Å²) in [5.74, 6) is 1.04. The van der Waals surface area contributed by atoms with Gasteiger partial charge in [-0.3, -0.25) is 0 Å². The molecule has 0 unspecified atom stereocenters. The summed E-state index contributed by atoms with van der Waals surface area (Å²) in [5, 5.41) is 0. The third-order valence-corrected chi connectivity index (χ3v) is 2.82. The zero-order valence-corrected chi connectivity index (χ0v) is 11.1. The summed E-state index contributed by atoms with van der Waals surface area (Å²) in [6.07, 6.45) is 1.15. The molecule has 1 aromatic carbocycles. The van der Waals surface area contributed by atoms with Crippen molar-refractivity contribution in [3.63, 3.8) is 0 Å². The monoisotopic (exact) mass is 259 g/mol. The van der Waals surface area contributed by atoms with Gasteiger partial charge in [-0.15, -0.1) is 0 Å². The highest BCUT2D eigenvalue weighted by atomic mass is 16.6. The Morgan fingerprint density at radius 2 is 1.95 bits per heavy atom. The van der Waals surface area contributed by atoms with Crippen LogP contribution in [0, 0.1) is 0 Å². The lowest BCUT2D eigenvalue weighted by atomic mass is 10.2. The van der Waals surface area contributed by atoms with E-state index in [-0.39, 0.29) is 6.09 Å². The number of carbonyl (C=O) groups excluding carboxylic acids is 1. The second kappa shape index (κ2) is 6.04. The van der Waals surface area contributed by atoms with Gasteiger partial charge in [-0.05, 0) is 13.8 Å². The Labute approximate surface area is 112 Å². The Hall–Kier alpha value is -2.30. The van der Waals surface area contributed by atoms with Crippen LogP contribution < -0.4 is 4.74 Å². The normalized spacial score (nSPS) is 10.2. The molecule has 100 valence electrons. The number of nitrogens with one attached hydrogen (secondary N) is 1. The van der Waals surface area contributed by atoms with Crippen LogP contribution in [-0.2, 0) is 0 Å². The van der Waals surface area contributed by atoms with Gasteiger partial charge in [0.05, 0.1) is 6.20 Å². The van der Waals surface area contributed by atoms with Gasteiger partial charge in [0.15, 0.2) is 0 Å². The van der Waals surface area contributed by atoms with E-state index in [1.807, 2.05) is 44.2 Å². The molecule has 0 atom stereocenters. The number of ether oxygens (including phenoxy) is 1. The summed E-state index contributed by atoms with van der Waals surface area (Å²) >= 11 is 0. The van der Waals surface area contributed by atoms with E-state index in [0.717, 1.165) is 5.56 Å². The van der Waals surface area contributed by atoms with E-state index in [4.69, 9.17) is 4.74 Å². The number of nitrogens with zero attached hydrogens (tertiary/aromatic N) is 2. The Balaban J connectivity index is 2.08. The molecule has 2 rings (SSSR count). The summed E-state index contributed by atoms with van der Waals surface area (Å²) < 4.78 is 5.23. The van der Waals surface area contributed by atoms with Crippen LogP contribution in [0.25, 0.3) is 11.4 Å². The molecule has 0 radical (unpaired) electrons. The van der Waals surface area contributed by atoms with Crippen molar-refractivity contribution in [1.82, 2.24) is 14.9 Å². The molecule has 1 aromatic heterocycles. The van der Waals surface area contributed by atoms with Gasteiger partial charge < -0.3 is 14.6 Å². The number of hydrogen-bond donors (Lipinski definition) is 1. The van der Waals surface area contributed by atoms with Crippen LogP contribution in [0.1, 0.15) is 13.8 Å². The first kappa shape index (κ1) is 13.1. The van der Waals surface area contributed by atoms with E-state index < -0.39 is 0 Å². The Bertz CT molecular complexity index is 533. The van der Waals surface area contributed by atoms with Crippen molar-refractivity contribution < 1.29 is 9.53 Å². The average molecular weight is 259 g/mol. The summed E-state index contributed by atoms with van der Waals surface area (Å²) in [4.78, 5) is 20.6. The number of carbonyl (C=O) groups is 1.